The molecule has 0 saturated heterocycles. The van der Waals surface area contributed by atoms with Crippen LogP contribution in [0.2, 0.25) is 0 Å². The van der Waals surface area contributed by atoms with Crippen LogP contribution in [0.25, 0.3) is 5.57 Å². The summed E-state index contributed by atoms with van der Waals surface area (Å²) in [6.45, 7) is 0. The second kappa shape index (κ2) is 8.55. The monoisotopic (exact) mass is 431 g/mol. The minimum atomic E-state index is -0.502. The van der Waals surface area contributed by atoms with Crippen molar-refractivity contribution in [2.75, 3.05) is 36.3 Å². The normalized spacial score (nSPS) is 13.6. The molecule has 0 radical (unpaired) electrons. The van der Waals surface area contributed by atoms with E-state index >= 15 is 0 Å². The summed E-state index contributed by atoms with van der Waals surface area (Å²) in [4.78, 5) is 30.0. The van der Waals surface area contributed by atoms with Crippen LogP contribution in [0.4, 0.5) is 21.5 Å². The summed E-state index contributed by atoms with van der Waals surface area (Å²) in [7, 11) is 5.33. The lowest BCUT2D eigenvalue weighted by atomic mass is 10.0. The summed E-state index contributed by atoms with van der Waals surface area (Å²) >= 11 is 0. The summed E-state index contributed by atoms with van der Waals surface area (Å²) in [5, 5.41) is 3.01. The molecule has 0 unspecified atom stereocenters. The molecular weight excluding hydrogens is 409 g/mol. The predicted molar refractivity (Wildman–Crippen MR) is 123 cm³/mol. The SMILES string of the molecule is COc1ccccc1C1=C(Nc2ccc(F)cc2)C(=O)N(c2ccc(N(C)C)cc2)C1=O. The van der Waals surface area contributed by atoms with Gasteiger partial charge < -0.3 is 15.0 Å². The highest BCUT2D eigenvalue weighted by atomic mass is 19.1. The van der Waals surface area contributed by atoms with Gasteiger partial charge in [0.2, 0.25) is 0 Å². The molecule has 1 aliphatic heterocycles. The lowest BCUT2D eigenvalue weighted by molar-refractivity contribution is -0.120. The number of anilines is 3. The van der Waals surface area contributed by atoms with Gasteiger partial charge in [-0.15, -0.1) is 0 Å². The van der Waals surface area contributed by atoms with Crippen molar-refractivity contribution in [1.82, 2.24) is 0 Å². The Morgan fingerprint density at radius 2 is 1.53 bits per heavy atom. The minimum Gasteiger partial charge on any atom is -0.496 e. The summed E-state index contributed by atoms with van der Waals surface area (Å²) in [5.41, 5.74) is 2.66. The first-order chi connectivity index (χ1) is 15.4. The molecule has 1 heterocycles. The first-order valence-electron chi connectivity index (χ1n) is 9.97. The number of para-hydroxylation sites is 1. The van der Waals surface area contributed by atoms with Gasteiger partial charge in [-0.1, -0.05) is 18.2 Å². The highest BCUT2D eigenvalue weighted by Gasteiger charge is 2.41. The summed E-state index contributed by atoms with van der Waals surface area (Å²) in [6.07, 6.45) is 0. The minimum absolute atomic E-state index is 0.0998. The van der Waals surface area contributed by atoms with Gasteiger partial charge in [-0.05, 0) is 54.6 Å². The molecule has 4 rings (SSSR count). The number of hydrogen-bond donors (Lipinski definition) is 1. The van der Waals surface area contributed by atoms with Crippen LogP contribution in [0.3, 0.4) is 0 Å². The molecule has 0 spiro atoms. The van der Waals surface area contributed by atoms with Gasteiger partial charge in [-0.2, -0.15) is 0 Å². The fourth-order valence-corrected chi connectivity index (χ4v) is 3.56. The van der Waals surface area contributed by atoms with Gasteiger partial charge in [-0.25, -0.2) is 9.29 Å². The molecule has 0 aliphatic carbocycles. The van der Waals surface area contributed by atoms with E-state index < -0.39 is 17.6 Å². The molecule has 6 nitrogen and oxygen atoms in total. The Kier molecular flexibility index (Phi) is 5.64. The van der Waals surface area contributed by atoms with Gasteiger partial charge in [0, 0.05) is 31.0 Å². The van der Waals surface area contributed by atoms with Gasteiger partial charge in [0.05, 0.1) is 18.4 Å². The Balaban J connectivity index is 1.81. The second-order valence-electron chi connectivity index (χ2n) is 7.44. The number of benzene rings is 3. The number of nitrogens with one attached hydrogen (secondary N) is 1. The molecular formula is C25H22FN3O3. The largest absolute Gasteiger partial charge is 0.496 e. The van der Waals surface area contributed by atoms with Crippen LogP contribution in [0.5, 0.6) is 5.75 Å². The van der Waals surface area contributed by atoms with Crippen LogP contribution in [0.1, 0.15) is 5.56 Å². The number of carbonyl (C=O) groups is 2. The Morgan fingerprint density at radius 1 is 0.875 bits per heavy atom. The van der Waals surface area contributed by atoms with E-state index in [2.05, 4.69) is 5.32 Å². The number of halogens is 1. The Labute approximate surface area is 185 Å². The zero-order chi connectivity index (χ0) is 22.8. The van der Waals surface area contributed by atoms with Crippen LogP contribution in [0.15, 0.2) is 78.5 Å². The highest BCUT2D eigenvalue weighted by Crippen LogP contribution is 2.37. The molecule has 0 aromatic heterocycles. The van der Waals surface area contributed by atoms with Gasteiger partial charge in [0.1, 0.15) is 17.3 Å². The van der Waals surface area contributed by atoms with E-state index in [9.17, 15) is 14.0 Å². The zero-order valence-electron chi connectivity index (χ0n) is 17.9. The van der Waals surface area contributed by atoms with E-state index in [-0.39, 0.29) is 11.3 Å². The van der Waals surface area contributed by atoms with Crippen molar-refractivity contribution < 1.29 is 18.7 Å². The van der Waals surface area contributed by atoms with E-state index in [0.29, 0.717) is 22.7 Å². The fraction of sp³-hybridized carbons (Fsp3) is 0.120. The molecule has 3 aromatic rings. The van der Waals surface area contributed by atoms with Crippen molar-refractivity contribution in [3.05, 3.63) is 89.9 Å². The lowest BCUT2D eigenvalue weighted by Crippen LogP contribution is -2.32. The number of hydrogen-bond acceptors (Lipinski definition) is 5. The van der Waals surface area contributed by atoms with Crippen molar-refractivity contribution in [3.8, 4) is 5.75 Å². The molecule has 1 aliphatic rings. The maximum absolute atomic E-state index is 13.5. The summed E-state index contributed by atoms with van der Waals surface area (Å²) in [6, 6.07) is 19.7. The summed E-state index contributed by atoms with van der Waals surface area (Å²) < 4.78 is 18.8. The van der Waals surface area contributed by atoms with Crippen LogP contribution >= 0.6 is 0 Å². The number of methoxy groups -OCH3 is 1. The maximum atomic E-state index is 13.5. The standard InChI is InChI=1S/C25H22FN3O3/c1-28(2)18-12-14-19(15-13-18)29-24(30)22(20-6-4-5-7-21(20)32-3)23(25(29)31)27-17-10-8-16(26)9-11-17/h4-15,27H,1-3H3. The van der Waals surface area contributed by atoms with Crippen molar-refractivity contribution >= 4 is 34.4 Å². The topological polar surface area (TPSA) is 61.9 Å². The van der Waals surface area contributed by atoms with E-state index in [1.807, 2.05) is 31.1 Å². The third-order valence-corrected chi connectivity index (χ3v) is 5.20. The van der Waals surface area contributed by atoms with Crippen molar-refractivity contribution in [3.63, 3.8) is 0 Å². The molecule has 1 N–H and O–H groups in total. The van der Waals surface area contributed by atoms with Crippen LogP contribution in [0, 0.1) is 5.82 Å². The number of amides is 2. The van der Waals surface area contributed by atoms with E-state index in [1.165, 1.54) is 31.4 Å². The number of carbonyl (C=O) groups excluding carboxylic acids is 2. The Bertz CT molecular complexity index is 1200. The molecule has 3 aromatic carbocycles. The Morgan fingerprint density at radius 3 is 2.16 bits per heavy atom. The number of imide groups is 1. The first-order valence-corrected chi connectivity index (χ1v) is 9.97. The predicted octanol–water partition coefficient (Wildman–Crippen LogP) is 4.30. The smallest absolute Gasteiger partial charge is 0.282 e. The second-order valence-corrected chi connectivity index (χ2v) is 7.44. The van der Waals surface area contributed by atoms with Crippen molar-refractivity contribution in [2.45, 2.75) is 0 Å². The first kappa shape index (κ1) is 21.1. The van der Waals surface area contributed by atoms with Gasteiger partial charge >= 0.3 is 0 Å². The molecule has 162 valence electrons. The number of ether oxygens (including phenoxy) is 1. The third-order valence-electron chi connectivity index (χ3n) is 5.20. The third kappa shape index (κ3) is 3.80. The van der Waals surface area contributed by atoms with Crippen molar-refractivity contribution in [1.29, 1.82) is 0 Å². The van der Waals surface area contributed by atoms with E-state index in [1.54, 1.807) is 36.4 Å². The molecule has 0 bridgehead atoms. The average molecular weight is 431 g/mol. The van der Waals surface area contributed by atoms with Crippen LogP contribution < -0.4 is 19.9 Å². The van der Waals surface area contributed by atoms with Crippen LogP contribution in [-0.4, -0.2) is 33.0 Å². The molecule has 0 fully saturated rings. The quantitative estimate of drug-likeness (QED) is 0.590. The Hall–Kier alpha value is -4.13. The average Bonchev–Trinajstić information content (AvgIpc) is 3.04. The number of nitrogens with zero attached hydrogens (tertiary/aromatic N) is 2. The summed E-state index contributed by atoms with van der Waals surface area (Å²) in [5.74, 6) is -0.905. The van der Waals surface area contributed by atoms with Crippen molar-refractivity contribution in [2.24, 2.45) is 0 Å². The molecule has 32 heavy (non-hydrogen) atoms. The maximum Gasteiger partial charge on any atom is 0.282 e. The van der Waals surface area contributed by atoms with Gasteiger partial charge in [-0.3, -0.25) is 9.59 Å². The number of rotatable bonds is 6. The van der Waals surface area contributed by atoms with Gasteiger partial charge in [0.15, 0.2) is 0 Å². The van der Waals surface area contributed by atoms with E-state index in [0.717, 1.165) is 10.6 Å². The lowest BCUT2D eigenvalue weighted by Gasteiger charge is -2.18. The fourth-order valence-electron chi connectivity index (χ4n) is 3.56. The van der Waals surface area contributed by atoms with Gasteiger partial charge in [0.25, 0.3) is 11.8 Å². The molecule has 0 atom stereocenters. The van der Waals surface area contributed by atoms with E-state index in [4.69, 9.17) is 4.74 Å². The highest BCUT2D eigenvalue weighted by molar-refractivity contribution is 6.46. The molecule has 7 heteroatoms. The zero-order valence-corrected chi connectivity index (χ0v) is 17.9. The molecule has 0 saturated carbocycles. The molecule has 2 amide bonds. The van der Waals surface area contributed by atoms with Crippen LogP contribution in [-0.2, 0) is 9.59 Å².